The van der Waals surface area contributed by atoms with Crippen LogP contribution in [0.25, 0.3) is 99.9 Å². The number of para-hydroxylation sites is 2. The number of hydrogen-bond acceptors (Lipinski definition) is 1. The first-order valence-corrected chi connectivity index (χ1v) is 20.9. The quantitative estimate of drug-likeness (QED) is 0.171. The van der Waals surface area contributed by atoms with Gasteiger partial charge < -0.3 is 13.6 Å². The zero-order chi connectivity index (χ0) is 39.2. The summed E-state index contributed by atoms with van der Waals surface area (Å²) in [4.78, 5) is 0. The first-order valence-electron chi connectivity index (χ1n) is 20.9. The van der Waals surface area contributed by atoms with E-state index in [0.29, 0.717) is 11.8 Å². The Morgan fingerprint density at radius 1 is 0.458 bits per heavy atom. The highest BCUT2D eigenvalue weighted by molar-refractivity contribution is 6.12. The second-order valence-electron chi connectivity index (χ2n) is 16.7. The van der Waals surface area contributed by atoms with Crippen LogP contribution in [0.15, 0.2) is 180 Å². The summed E-state index contributed by atoms with van der Waals surface area (Å²) in [5.74, 6) is 1.06. The molecule has 0 bridgehead atoms. The fourth-order valence-electron chi connectivity index (χ4n) is 9.79. The summed E-state index contributed by atoms with van der Waals surface area (Å²) >= 11 is 0. The largest absolute Gasteiger partial charge is 0.456 e. The Morgan fingerprint density at radius 2 is 1.12 bits per heavy atom. The van der Waals surface area contributed by atoms with Crippen LogP contribution in [-0.2, 0) is 6.42 Å². The molecule has 282 valence electrons. The van der Waals surface area contributed by atoms with Gasteiger partial charge in [-0.1, -0.05) is 123 Å². The van der Waals surface area contributed by atoms with Crippen LogP contribution in [0.4, 0.5) is 0 Å². The van der Waals surface area contributed by atoms with E-state index >= 15 is 0 Å². The highest BCUT2D eigenvalue weighted by Crippen LogP contribution is 2.41. The number of furan rings is 1. The van der Waals surface area contributed by atoms with Gasteiger partial charge in [0, 0.05) is 49.6 Å². The Morgan fingerprint density at radius 3 is 1.93 bits per heavy atom. The van der Waals surface area contributed by atoms with Crippen LogP contribution in [-0.4, -0.2) is 9.13 Å². The fraction of sp³-hybridized carbons (Fsp3) is 0.107. The summed E-state index contributed by atoms with van der Waals surface area (Å²) in [6.07, 6.45) is 13.7. The Balaban J connectivity index is 1.03. The van der Waals surface area contributed by atoms with Crippen LogP contribution < -0.4 is 0 Å². The second kappa shape index (κ2) is 13.2. The van der Waals surface area contributed by atoms with Crippen molar-refractivity contribution < 1.29 is 4.42 Å². The van der Waals surface area contributed by atoms with Crippen LogP contribution in [0, 0.1) is 11.8 Å². The Labute approximate surface area is 343 Å². The average molecular weight is 759 g/mol. The summed E-state index contributed by atoms with van der Waals surface area (Å²) < 4.78 is 11.4. The molecule has 0 saturated carbocycles. The molecule has 0 saturated heterocycles. The van der Waals surface area contributed by atoms with Crippen molar-refractivity contribution in [1.82, 2.24) is 9.13 Å². The zero-order valence-corrected chi connectivity index (χ0v) is 33.2. The lowest BCUT2D eigenvalue weighted by atomic mass is 9.93. The molecule has 0 amide bonds. The molecule has 0 aliphatic heterocycles. The molecule has 59 heavy (non-hydrogen) atoms. The molecule has 2 atom stereocenters. The van der Waals surface area contributed by atoms with Gasteiger partial charge in [-0.3, -0.25) is 0 Å². The van der Waals surface area contributed by atoms with Gasteiger partial charge in [0.1, 0.15) is 11.2 Å². The Hall–Kier alpha value is -7.10. The van der Waals surface area contributed by atoms with Crippen molar-refractivity contribution in [3.05, 3.63) is 193 Å². The molecular formula is C56H42N2O. The van der Waals surface area contributed by atoms with Crippen LogP contribution in [0.5, 0.6) is 0 Å². The second-order valence-corrected chi connectivity index (χ2v) is 16.7. The van der Waals surface area contributed by atoms with Gasteiger partial charge in [0.2, 0.25) is 0 Å². The highest BCUT2D eigenvalue weighted by atomic mass is 16.3. The van der Waals surface area contributed by atoms with Gasteiger partial charge in [0.05, 0.1) is 16.6 Å². The van der Waals surface area contributed by atoms with Gasteiger partial charge in [-0.2, -0.15) is 0 Å². The van der Waals surface area contributed by atoms with Gasteiger partial charge >= 0.3 is 0 Å². The Bertz CT molecular complexity index is 3420. The summed E-state index contributed by atoms with van der Waals surface area (Å²) in [5, 5.41) is 6.05. The van der Waals surface area contributed by atoms with Gasteiger partial charge in [0.25, 0.3) is 0 Å². The molecule has 3 heterocycles. The number of rotatable bonds is 5. The molecule has 7 aromatic carbocycles. The Kier molecular flexibility index (Phi) is 7.62. The number of aromatic nitrogens is 2. The lowest BCUT2D eigenvalue weighted by molar-refractivity contribution is 0.669. The van der Waals surface area contributed by atoms with Crippen molar-refractivity contribution in [3.8, 4) is 33.6 Å². The minimum Gasteiger partial charge on any atom is -0.456 e. The van der Waals surface area contributed by atoms with E-state index in [1.807, 2.05) is 0 Å². The fourth-order valence-corrected chi connectivity index (χ4v) is 9.79. The third kappa shape index (κ3) is 5.49. The third-order valence-corrected chi connectivity index (χ3v) is 12.8. The summed E-state index contributed by atoms with van der Waals surface area (Å²) in [6.45, 7) is 4.58. The van der Waals surface area contributed by atoms with Crippen LogP contribution in [0.1, 0.15) is 37.1 Å². The summed E-state index contributed by atoms with van der Waals surface area (Å²) in [5.41, 5.74) is 17.8. The predicted molar refractivity (Wildman–Crippen MR) is 249 cm³/mol. The first kappa shape index (κ1) is 34.0. The van der Waals surface area contributed by atoms with Gasteiger partial charge in [-0.15, -0.1) is 0 Å². The molecule has 12 rings (SSSR count). The smallest absolute Gasteiger partial charge is 0.135 e. The van der Waals surface area contributed by atoms with E-state index in [-0.39, 0.29) is 0 Å². The third-order valence-electron chi connectivity index (χ3n) is 12.8. The molecule has 2 aliphatic rings. The highest BCUT2D eigenvalue weighted by Gasteiger charge is 2.22. The number of benzene rings is 7. The lowest BCUT2D eigenvalue weighted by Gasteiger charge is -2.19. The number of allylic oxidation sites excluding steroid dienone is 5. The molecular weight excluding hydrogens is 717 g/mol. The maximum absolute atomic E-state index is 6.41. The molecule has 0 radical (unpaired) electrons. The van der Waals surface area contributed by atoms with Crippen molar-refractivity contribution in [2.45, 2.75) is 26.7 Å². The standard InChI is InChI=1S/C56H42N2O/c1-35-16-19-38(20-17-35)39-22-26-55-49(33-39)50-34-43(23-27-56(50)59-55)57-52-15-9-7-13-46(52)48-32-40(21-25-53(48)57)42-29-41(37-10-4-3-5-11-37)30-44(31-42)58-51-14-8-6-12-45(51)47-24-18-36(2)28-54(47)58/h3-16,18-27,29-36H,17,28H2,1-2H3. The number of hydrogen-bond donors (Lipinski definition) is 0. The van der Waals surface area contributed by atoms with Crippen LogP contribution in [0.2, 0.25) is 0 Å². The zero-order valence-electron chi connectivity index (χ0n) is 33.2. The van der Waals surface area contributed by atoms with Crippen molar-refractivity contribution >= 4 is 66.3 Å². The van der Waals surface area contributed by atoms with E-state index in [1.54, 1.807) is 0 Å². The predicted octanol–water partition coefficient (Wildman–Crippen LogP) is 15.1. The first-order chi connectivity index (χ1) is 29.0. The SMILES string of the molecule is CC1C=CC(c2ccc3oc4ccc(-n5c6ccccc6c6cc(-c7cc(-c8ccccc8)cc(-n8c9c(c%10ccccc%108)C=CC(C)C9)c7)ccc65)cc4c3c2)=CC1. The van der Waals surface area contributed by atoms with E-state index in [0.717, 1.165) is 40.5 Å². The van der Waals surface area contributed by atoms with Crippen molar-refractivity contribution in [3.63, 3.8) is 0 Å². The average Bonchev–Trinajstić information content (AvgIpc) is 3.93. The number of nitrogens with zero attached hydrogens (tertiary/aromatic N) is 2. The van der Waals surface area contributed by atoms with E-state index < -0.39 is 0 Å². The summed E-state index contributed by atoms with van der Waals surface area (Å²) in [6, 6.07) is 55.9. The van der Waals surface area contributed by atoms with E-state index in [2.05, 4.69) is 205 Å². The van der Waals surface area contributed by atoms with E-state index in [1.165, 1.54) is 83.0 Å². The van der Waals surface area contributed by atoms with Crippen LogP contribution >= 0.6 is 0 Å². The van der Waals surface area contributed by atoms with E-state index in [4.69, 9.17) is 4.42 Å². The number of fused-ring (bicyclic) bond motifs is 9. The normalized spacial score (nSPS) is 16.5. The molecule has 2 unspecified atom stereocenters. The van der Waals surface area contributed by atoms with Gasteiger partial charge in [0.15, 0.2) is 0 Å². The van der Waals surface area contributed by atoms with Crippen LogP contribution in [0.3, 0.4) is 0 Å². The maximum atomic E-state index is 6.41. The van der Waals surface area contributed by atoms with Gasteiger partial charge in [-0.05, 0) is 131 Å². The monoisotopic (exact) mass is 758 g/mol. The lowest BCUT2D eigenvalue weighted by Crippen LogP contribution is -2.08. The van der Waals surface area contributed by atoms with Crippen molar-refractivity contribution in [2.24, 2.45) is 11.8 Å². The summed E-state index contributed by atoms with van der Waals surface area (Å²) in [7, 11) is 0. The molecule has 2 aliphatic carbocycles. The maximum Gasteiger partial charge on any atom is 0.135 e. The molecule has 0 spiro atoms. The molecule has 3 nitrogen and oxygen atoms in total. The molecule has 3 heteroatoms. The van der Waals surface area contributed by atoms with Crippen molar-refractivity contribution in [1.29, 1.82) is 0 Å². The molecule has 3 aromatic heterocycles. The van der Waals surface area contributed by atoms with Gasteiger partial charge in [-0.25, -0.2) is 0 Å². The van der Waals surface area contributed by atoms with Crippen molar-refractivity contribution in [2.75, 3.05) is 0 Å². The minimum absolute atomic E-state index is 0.480. The van der Waals surface area contributed by atoms with E-state index in [9.17, 15) is 0 Å². The molecule has 10 aromatic rings. The topological polar surface area (TPSA) is 23.0 Å². The minimum atomic E-state index is 0.480. The molecule has 0 fully saturated rings. The molecule has 0 N–H and O–H groups in total.